The van der Waals surface area contributed by atoms with Crippen molar-refractivity contribution in [2.75, 3.05) is 51.3 Å². The molecule has 162 valence electrons. The first-order valence-electron chi connectivity index (χ1n) is 10.6. The quantitative estimate of drug-likeness (QED) is 0.739. The molecule has 30 heavy (non-hydrogen) atoms. The van der Waals surface area contributed by atoms with Gasteiger partial charge in [-0.05, 0) is 37.5 Å². The fourth-order valence-corrected chi connectivity index (χ4v) is 4.50. The molecule has 8 heteroatoms. The van der Waals surface area contributed by atoms with Gasteiger partial charge in [0.1, 0.15) is 11.9 Å². The van der Waals surface area contributed by atoms with Gasteiger partial charge in [0, 0.05) is 45.8 Å². The first-order valence-corrected chi connectivity index (χ1v) is 10.6. The van der Waals surface area contributed by atoms with E-state index in [4.69, 9.17) is 9.47 Å². The van der Waals surface area contributed by atoms with Crippen LogP contribution in [0.3, 0.4) is 0 Å². The summed E-state index contributed by atoms with van der Waals surface area (Å²) in [5.41, 5.74) is 1.74. The number of piperazine rings is 1. The number of methoxy groups -OCH3 is 1. The molecule has 1 aromatic rings. The largest absolute Gasteiger partial charge is 0.495 e. The van der Waals surface area contributed by atoms with Crippen LogP contribution in [0.25, 0.3) is 0 Å². The number of nitrogens with zero attached hydrogens (tertiary/aromatic N) is 3. The Morgan fingerprint density at radius 3 is 2.43 bits per heavy atom. The Morgan fingerprint density at radius 1 is 1.10 bits per heavy atom. The van der Waals surface area contributed by atoms with Crippen molar-refractivity contribution in [2.24, 2.45) is 5.92 Å². The number of carbonyl (C=O) groups is 3. The Bertz CT molecular complexity index is 828. The molecule has 0 bridgehead atoms. The normalized spacial score (nSPS) is 24.5. The molecule has 0 aliphatic carbocycles. The lowest BCUT2D eigenvalue weighted by Gasteiger charge is -2.36. The van der Waals surface area contributed by atoms with Crippen LogP contribution < -0.4 is 9.64 Å². The zero-order valence-electron chi connectivity index (χ0n) is 17.6. The van der Waals surface area contributed by atoms with Gasteiger partial charge in [-0.2, -0.15) is 0 Å². The van der Waals surface area contributed by atoms with Gasteiger partial charge >= 0.3 is 0 Å². The third-order valence-corrected chi connectivity index (χ3v) is 6.21. The maximum Gasteiger partial charge on any atom is 0.251 e. The highest BCUT2D eigenvalue weighted by molar-refractivity contribution is 6.01. The van der Waals surface area contributed by atoms with Gasteiger partial charge in [-0.15, -0.1) is 0 Å². The summed E-state index contributed by atoms with van der Waals surface area (Å²) >= 11 is 0. The highest BCUT2D eigenvalue weighted by atomic mass is 16.5. The van der Waals surface area contributed by atoms with E-state index in [1.54, 1.807) is 21.8 Å². The summed E-state index contributed by atoms with van der Waals surface area (Å²) in [5, 5.41) is 0. The molecule has 1 aromatic carbocycles. The Labute approximate surface area is 176 Å². The van der Waals surface area contributed by atoms with Gasteiger partial charge in [0.2, 0.25) is 11.8 Å². The molecule has 3 aliphatic rings. The van der Waals surface area contributed by atoms with Crippen LogP contribution in [0.2, 0.25) is 0 Å². The zero-order valence-corrected chi connectivity index (χ0v) is 17.6. The van der Waals surface area contributed by atoms with E-state index < -0.39 is 0 Å². The summed E-state index contributed by atoms with van der Waals surface area (Å²) in [6.07, 6.45) is 1.58. The molecular weight excluding hydrogens is 386 g/mol. The monoisotopic (exact) mass is 415 g/mol. The fourth-order valence-electron chi connectivity index (χ4n) is 4.50. The molecule has 3 fully saturated rings. The van der Waals surface area contributed by atoms with Crippen LogP contribution in [-0.2, 0) is 19.1 Å². The topological polar surface area (TPSA) is 79.4 Å². The summed E-state index contributed by atoms with van der Waals surface area (Å²) < 4.78 is 10.9. The fraction of sp³-hybridized carbons (Fsp3) is 0.591. The van der Waals surface area contributed by atoms with Crippen LogP contribution in [0.4, 0.5) is 5.69 Å². The first-order chi connectivity index (χ1) is 14.5. The second-order valence-corrected chi connectivity index (χ2v) is 8.23. The second-order valence-electron chi connectivity index (χ2n) is 8.23. The van der Waals surface area contributed by atoms with Crippen molar-refractivity contribution in [1.82, 2.24) is 9.80 Å². The predicted octanol–water partition coefficient (Wildman–Crippen LogP) is 1.21. The zero-order chi connectivity index (χ0) is 21.3. The number of amides is 3. The van der Waals surface area contributed by atoms with E-state index in [1.165, 1.54) is 0 Å². The van der Waals surface area contributed by atoms with Crippen LogP contribution in [-0.4, -0.2) is 80.1 Å². The van der Waals surface area contributed by atoms with Gasteiger partial charge in [0.05, 0.1) is 18.7 Å². The third kappa shape index (κ3) is 4.01. The minimum Gasteiger partial charge on any atom is -0.495 e. The summed E-state index contributed by atoms with van der Waals surface area (Å²) in [5.74, 6) is 0.214. The Kier molecular flexibility index (Phi) is 5.94. The van der Waals surface area contributed by atoms with Crippen LogP contribution in [0.1, 0.15) is 24.8 Å². The van der Waals surface area contributed by atoms with E-state index in [9.17, 15) is 14.4 Å². The molecule has 3 saturated heterocycles. The molecule has 0 aromatic heterocycles. The van der Waals surface area contributed by atoms with Gasteiger partial charge in [-0.25, -0.2) is 0 Å². The number of hydrogen-bond acceptors (Lipinski definition) is 5. The van der Waals surface area contributed by atoms with E-state index in [1.807, 2.05) is 25.1 Å². The maximum absolute atomic E-state index is 13.1. The van der Waals surface area contributed by atoms with Gasteiger partial charge < -0.3 is 24.2 Å². The van der Waals surface area contributed by atoms with Crippen LogP contribution >= 0.6 is 0 Å². The minimum absolute atomic E-state index is 0.0123. The molecule has 2 atom stereocenters. The number of rotatable bonds is 4. The molecular formula is C22H29N3O5. The molecule has 0 saturated carbocycles. The molecule has 3 amide bonds. The minimum atomic E-state index is -0.372. The van der Waals surface area contributed by atoms with Gasteiger partial charge in [0.25, 0.3) is 5.91 Å². The molecule has 4 rings (SSSR count). The lowest BCUT2D eigenvalue weighted by Crippen LogP contribution is -2.54. The predicted molar refractivity (Wildman–Crippen MR) is 110 cm³/mol. The van der Waals surface area contributed by atoms with Crippen molar-refractivity contribution < 1.29 is 23.9 Å². The molecule has 0 spiro atoms. The molecule has 0 N–H and O–H groups in total. The lowest BCUT2D eigenvalue weighted by atomic mass is 10.1. The smallest absolute Gasteiger partial charge is 0.251 e. The van der Waals surface area contributed by atoms with Crippen LogP contribution in [0.15, 0.2) is 18.2 Å². The number of benzene rings is 1. The second kappa shape index (κ2) is 8.63. The SMILES string of the molecule is COc1ccc(C)cc1N1CC(C(=O)N2CCN(C(=O)C3CCCO3)CC2)CC1=O. The van der Waals surface area contributed by atoms with Crippen molar-refractivity contribution in [3.63, 3.8) is 0 Å². The van der Waals surface area contributed by atoms with Crippen molar-refractivity contribution in [1.29, 1.82) is 0 Å². The summed E-state index contributed by atoms with van der Waals surface area (Å²) in [6.45, 7) is 4.98. The van der Waals surface area contributed by atoms with E-state index in [0.29, 0.717) is 50.8 Å². The summed E-state index contributed by atoms with van der Waals surface area (Å²) in [6, 6.07) is 5.69. The van der Waals surface area contributed by atoms with Crippen LogP contribution in [0.5, 0.6) is 5.75 Å². The van der Waals surface area contributed by atoms with Crippen molar-refractivity contribution >= 4 is 23.4 Å². The average molecular weight is 415 g/mol. The van der Waals surface area contributed by atoms with E-state index in [0.717, 1.165) is 18.4 Å². The van der Waals surface area contributed by atoms with E-state index in [-0.39, 0.29) is 36.2 Å². The maximum atomic E-state index is 13.1. The molecule has 3 heterocycles. The molecule has 3 aliphatic heterocycles. The third-order valence-electron chi connectivity index (χ3n) is 6.21. The van der Waals surface area contributed by atoms with Gasteiger partial charge in [-0.3, -0.25) is 14.4 Å². The molecule has 2 unspecified atom stereocenters. The first kappa shape index (κ1) is 20.7. The number of hydrogen-bond donors (Lipinski definition) is 0. The standard InChI is InChI=1S/C22H29N3O5/c1-15-5-6-18(29-2)17(12-15)25-14-16(13-20(25)26)21(27)23-7-9-24(10-8-23)22(28)19-4-3-11-30-19/h5-6,12,16,19H,3-4,7-11,13-14H2,1-2H3. The van der Waals surface area contributed by atoms with Gasteiger partial charge in [0.15, 0.2) is 0 Å². The summed E-state index contributed by atoms with van der Waals surface area (Å²) in [4.78, 5) is 43.5. The Balaban J connectivity index is 1.36. The number of carbonyl (C=O) groups excluding carboxylic acids is 3. The lowest BCUT2D eigenvalue weighted by molar-refractivity contribution is -0.147. The van der Waals surface area contributed by atoms with Crippen molar-refractivity contribution in [3.8, 4) is 5.75 Å². The highest BCUT2D eigenvalue weighted by Gasteiger charge is 2.39. The highest BCUT2D eigenvalue weighted by Crippen LogP contribution is 2.34. The number of ether oxygens (including phenoxy) is 2. The van der Waals surface area contributed by atoms with Gasteiger partial charge in [-0.1, -0.05) is 6.07 Å². The van der Waals surface area contributed by atoms with Crippen molar-refractivity contribution in [3.05, 3.63) is 23.8 Å². The Morgan fingerprint density at radius 2 is 1.80 bits per heavy atom. The average Bonchev–Trinajstić information content (AvgIpc) is 3.43. The molecule has 0 radical (unpaired) electrons. The van der Waals surface area contributed by atoms with Crippen LogP contribution in [0, 0.1) is 12.8 Å². The number of anilines is 1. The van der Waals surface area contributed by atoms with E-state index >= 15 is 0 Å². The molecule has 8 nitrogen and oxygen atoms in total. The van der Waals surface area contributed by atoms with Crippen molar-refractivity contribution in [2.45, 2.75) is 32.3 Å². The Hall–Kier alpha value is -2.61. The van der Waals surface area contributed by atoms with E-state index in [2.05, 4.69) is 0 Å². The summed E-state index contributed by atoms with van der Waals surface area (Å²) in [7, 11) is 1.58. The number of aryl methyl sites for hydroxylation is 1.